The van der Waals surface area contributed by atoms with Gasteiger partial charge in [0.15, 0.2) is 5.76 Å². The Morgan fingerprint density at radius 3 is 2.00 bits per heavy atom. The molecular weight excluding hydrogens is 264 g/mol. The number of carbonyl (C=O) groups excluding carboxylic acids is 1. The number of ketones is 1. The molecule has 2 aromatic carbocycles. The van der Waals surface area contributed by atoms with Gasteiger partial charge in [-0.05, 0) is 17.7 Å². The van der Waals surface area contributed by atoms with E-state index in [1.807, 2.05) is 36.4 Å². The van der Waals surface area contributed by atoms with Crippen molar-refractivity contribution < 1.29 is 9.21 Å². The van der Waals surface area contributed by atoms with Gasteiger partial charge in [-0.3, -0.25) is 4.79 Å². The maximum Gasteiger partial charge on any atom is 0.344 e. The van der Waals surface area contributed by atoms with E-state index in [2.05, 4.69) is 0 Å². The van der Waals surface area contributed by atoms with E-state index < -0.39 is 5.63 Å². The first kappa shape index (κ1) is 13.1. The first-order valence-corrected chi connectivity index (χ1v) is 6.55. The smallest absolute Gasteiger partial charge is 0.344 e. The Morgan fingerprint density at radius 1 is 0.762 bits per heavy atom. The van der Waals surface area contributed by atoms with Gasteiger partial charge in [-0.15, -0.1) is 0 Å². The van der Waals surface area contributed by atoms with Crippen LogP contribution in [0.4, 0.5) is 0 Å². The SMILES string of the molecule is O=C(c1ccccc1)c1ccc(-c2ccccc2)c(=O)o1. The maximum atomic E-state index is 12.2. The third-order valence-corrected chi connectivity index (χ3v) is 3.17. The lowest BCUT2D eigenvalue weighted by Gasteiger charge is -2.02. The van der Waals surface area contributed by atoms with E-state index in [4.69, 9.17) is 4.42 Å². The molecule has 102 valence electrons. The van der Waals surface area contributed by atoms with Gasteiger partial charge in [-0.1, -0.05) is 60.7 Å². The Morgan fingerprint density at radius 2 is 1.38 bits per heavy atom. The summed E-state index contributed by atoms with van der Waals surface area (Å²) in [5.74, 6) is -0.252. The van der Waals surface area contributed by atoms with Gasteiger partial charge >= 0.3 is 5.63 Å². The molecule has 3 nitrogen and oxygen atoms in total. The zero-order chi connectivity index (χ0) is 14.7. The third kappa shape index (κ3) is 2.67. The second-order valence-corrected chi connectivity index (χ2v) is 4.56. The molecule has 0 spiro atoms. The Hall–Kier alpha value is -2.94. The molecule has 0 amide bonds. The van der Waals surface area contributed by atoms with Crippen molar-refractivity contribution in [2.45, 2.75) is 0 Å². The second kappa shape index (κ2) is 5.59. The molecule has 0 fully saturated rings. The lowest BCUT2D eigenvalue weighted by molar-refractivity contribution is 0.100. The second-order valence-electron chi connectivity index (χ2n) is 4.56. The predicted octanol–water partition coefficient (Wildman–Crippen LogP) is 3.54. The van der Waals surface area contributed by atoms with Crippen LogP contribution in [-0.2, 0) is 0 Å². The Kier molecular flexibility index (Phi) is 3.48. The summed E-state index contributed by atoms with van der Waals surface area (Å²) in [5, 5.41) is 0. The molecule has 0 saturated carbocycles. The molecule has 3 aromatic rings. The summed E-state index contributed by atoms with van der Waals surface area (Å²) in [6, 6.07) is 21.1. The third-order valence-electron chi connectivity index (χ3n) is 3.17. The largest absolute Gasteiger partial charge is 0.419 e. The molecule has 0 aliphatic rings. The number of rotatable bonds is 3. The number of hydrogen-bond donors (Lipinski definition) is 0. The van der Waals surface area contributed by atoms with Crippen molar-refractivity contribution in [3.63, 3.8) is 0 Å². The summed E-state index contributed by atoms with van der Waals surface area (Å²) in [4.78, 5) is 24.3. The molecular formula is C18H12O3. The fourth-order valence-corrected chi connectivity index (χ4v) is 2.10. The topological polar surface area (TPSA) is 47.3 Å². The van der Waals surface area contributed by atoms with Gasteiger partial charge in [0.25, 0.3) is 0 Å². The summed E-state index contributed by atoms with van der Waals surface area (Å²) in [6.07, 6.45) is 0. The molecule has 0 unspecified atom stereocenters. The Labute approximate surface area is 121 Å². The lowest BCUT2D eigenvalue weighted by Crippen LogP contribution is -2.09. The number of benzene rings is 2. The highest BCUT2D eigenvalue weighted by atomic mass is 16.4. The predicted molar refractivity (Wildman–Crippen MR) is 80.3 cm³/mol. The average Bonchev–Trinajstić information content (AvgIpc) is 2.55. The van der Waals surface area contributed by atoms with Crippen molar-refractivity contribution in [2.24, 2.45) is 0 Å². The molecule has 0 N–H and O–H groups in total. The van der Waals surface area contributed by atoms with Gasteiger partial charge in [-0.25, -0.2) is 4.79 Å². The average molecular weight is 276 g/mol. The molecule has 1 heterocycles. The minimum absolute atomic E-state index is 0.0471. The van der Waals surface area contributed by atoms with Crippen LogP contribution in [0.5, 0.6) is 0 Å². The number of hydrogen-bond acceptors (Lipinski definition) is 3. The van der Waals surface area contributed by atoms with E-state index in [-0.39, 0.29) is 11.5 Å². The van der Waals surface area contributed by atoms with Gasteiger partial charge in [-0.2, -0.15) is 0 Å². The zero-order valence-corrected chi connectivity index (χ0v) is 11.2. The summed E-state index contributed by atoms with van der Waals surface area (Å²) in [7, 11) is 0. The van der Waals surface area contributed by atoms with Crippen LogP contribution in [0.3, 0.4) is 0 Å². The van der Waals surface area contributed by atoms with Crippen LogP contribution in [0.25, 0.3) is 11.1 Å². The summed E-state index contributed by atoms with van der Waals surface area (Å²) >= 11 is 0. The Bertz CT molecular complexity index is 818. The van der Waals surface area contributed by atoms with Gasteiger partial charge in [0.05, 0.1) is 5.56 Å². The van der Waals surface area contributed by atoms with E-state index >= 15 is 0 Å². The van der Waals surface area contributed by atoms with Crippen molar-refractivity contribution in [3.05, 3.63) is 94.5 Å². The summed E-state index contributed by atoms with van der Waals surface area (Å²) < 4.78 is 5.17. The van der Waals surface area contributed by atoms with Crippen molar-refractivity contribution in [3.8, 4) is 11.1 Å². The van der Waals surface area contributed by atoms with Crippen molar-refractivity contribution in [2.75, 3.05) is 0 Å². The number of carbonyl (C=O) groups is 1. The van der Waals surface area contributed by atoms with Crippen LogP contribution in [0.2, 0.25) is 0 Å². The maximum absolute atomic E-state index is 12.2. The van der Waals surface area contributed by atoms with Gasteiger partial charge in [0.1, 0.15) is 0 Å². The fourth-order valence-electron chi connectivity index (χ4n) is 2.10. The van der Waals surface area contributed by atoms with E-state index in [1.165, 1.54) is 0 Å². The van der Waals surface area contributed by atoms with Crippen molar-refractivity contribution in [1.82, 2.24) is 0 Å². The standard InChI is InChI=1S/C18H12O3/c19-17(14-9-5-2-6-10-14)16-12-11-15(18(20)21-16)13-7-3-1-4-8-13/h1-12H. The highest BCUT2D eigenvalue weighted by Gasteiger charge is 2.13. The highest BCUT2D eigenvalue weighted by molar-refractivity contribution is 6.07. The van der Waals surface area contributed by atoms with Crippen LogP contribution in [-0.4, -0.2) is 5.78 Å². The van der Waals surface area contributed by atoms with Crippen LogP contribution >= 0.6 is 0 Å². The van der Waals surface area contributed by atoms with Crippen molar-refractivity contribution in [1.29, 1.82) is 0 Å². The van der Waals surface area contributed by atoms with E-state index in [1.54, 1.807) is 36.4 Å². The highest BCUT2D eigenvalue weighted by Crippen LogP contribution is 2.16. The fraction of sp³-hybridized carbons (Fsp3) is 0. The molecule has 0 aliphatic heterocycles. The molecule has 0 aliphatic carbocycles. The van der Waals surface area contributed by atoms with Crippen LogP contribution < -0.4 is 5.63 Å². The molecule has 3 rings (SSSR count). The summed E-state index contributed by atoms with van der Waals surface area (Å²) in [5.41, 5.74) is 1.20. The van der Waals surface area contributed by atoms with Gasteiger partial charge in [0, 0.05) is 5.56 Å². The molecule has 0 atom stereocenters. The van der Waals surface area contributed by atoms with Gasteiger partial charge < -0.3 is 4.42 Å². The molecule has 0 radical (unpaired) electrons. The summed E-state index contributed by atoms with van der Waals surface area (Å²) in [6.45, 7) is 0. The van der Waals surface area contributed by atoms with E-state index in [0.717, 1.165) is 5.56 Å². The molecule has 3 heteroatoms. The molecule has 1 aromatic heterocycles. The first-order chi connectivity index (χ1) is 10.3. The minimum atomic E-state index is -0.511. The molecule has 0 saturated heterocycles. The van der Waals surface area contributed by atoms with Crippen LogP contribution in [0.1, 0.15) is 16.1 Å². The molecule has 0 bridgehead atoms. The van der Waals surface area contributed by atoms with Gasteiger partial charge in [0.2, 0.25) is 5.78 Å². The first-order valence-electron chi connectivity index (χ1n) is 6.55. The van der Waals surface area contributed by atoms with E-state index in [9.17, 15) is 9.59 Å². The monoisotopic (exact) mass is 276 g/mol. The minimum Gasteiger partial charge on any atom is -0.419 e. The zero-order valence-electron chi connectivity index (χ0n) is 11.2. The van der Waals surface area contributed by atoms with E-state index in [0.29, 0.717) is 11.1 Å². The lowest BCUT2D eigenvalue weighted by atomic mass is 10.1. The van der Waals surface area contributed by atoms with Crippen LogP contribution in [0, 0.1) is 0 Å². The Balaban J connectivity index is 1.99. The van der Waals surface area contributed by atoms with Crippen molar-refractivity contribution >= 4 is 5.78 Å². The molecule has 21 heavy (non-hydrogen) atoms. The quantitative estimate of drug-likeness (QED) is 0.687. The van der Waals surface area contributed by atoms with Crippen LogP contribution in [0.15, 0.2) is 82.0 Å². The normalized spacial score (nSPS) is 10.3.